The number of anilines is 2. The van der Waals surface area contributed by atoms with E-state index in [0.29, 0.717) is 16.7 Å². The first-order valence-electron chi connectivity index (χ1n) is 7.57. The highest BCUT2D eigenvalue weighted by molar-refractivity contribution is 7.15. The van der Waals surface area contributed by atoms with Crippen molar-refractivity contribution in [3.8, 4) is 0 Å². The van der Waals surface area contributed by atoms with Crippen LogP contribution in [0.3, 0.4) is 0 Å². The fourth-order valence-corrected chi connectivity index (χ4v) is 3.62. The maximum atomic E-state index is 12.2. The summed E-state index contributed by atoms with van der Waals surface area (Å²) < 4.78 is 5.57. The van der Waals surface area contributed by atoms with Crippen molar-refractivity contribution in [2.45, 2.75) is 32.8 Å². The topological polar surface area (TPSA) is 89.0 Å². The minimum Gasteiger partial charge on any atom is -0.371 e. The molecule has 3 rings (SSSR count). The number of thiazole rings is 1. The van der Waals surface area contributed by atoms with Crippen LogP contribution in [0.5, 0.6) is 0 Å². The minimum atomic E-state index is -0.270. The maximum absolute atomic E-state index is 12.2. The van der Waals surface area contributed by atoms with Crippen LogP contribution in [-0.2, 0) is 4.74 Å². The van der Waals surface area contributed by atoms with E-state index < -0.39 is 0 Å². The number of amides is 1. The second-order valence-electron chi connectivity index (χ2n) is 5.71. The molecule has 0 aliphatic carbocycles. The summed E-state index contributed by atoms with van der Waals surface area (Å²) in [5.74, 6) is 0.252. The summed E-state index contributed by atoms with van der Waals surface area (Å²) in [5.41, 5.74) is 0.384. The zero-order valence-corrected chi connectivity index (χ0v) is 14.7. The fraction of sp³-hybridized carbons (Fsp3) is 0.571. The summed E-state index contributed by atoms with van der Waals surface area (Å²) in [6.07, 6.45) is 2.01. The van der Waals surface area contributed by atoms with Gasteiger partial charge in [-0.2, -0.15) is 0 Å². The number of aromatic nitrogens is 3. The predicted molar refractivity (Wildman–Crippen MR) is 91.2 cm³/mol. The molecule has 1 amide bonds. The number of nitrogens with zero attached hydrogens (tertiary/aromatic N) is 3. The molecule has 9 heteroatoms. The van der Waals surface area contributed by atoms with Gasteiger partial charge in [0.1, 0.15) is 16.8 Å². The molecule has 0 saturated carbocycles. The van der Waals surface area contributed by atoms with Crippen molar-refractivity contribution in [1.82, 2.24) is 15.2 Å². The molecule has 0 bridgehead atoms. The van der Waals surface area contributed by atoms with Crippen LogP contribution in [0, 0.1) is 5.92 Å². The number of hydrogen-bond donors (Lipinski definition) is 2. The van der Waals surface area contributed by atoms with Crippen molar-refractivity contribution in [3.63, 3.8) is 0 Å². The lowest BCUT2D eigenvalue weighted by Crippen LogP contribution is -2.13. The summed E-state index contributed by atoms with van der Waals surface area (Å²) in [6, 6.07) is 0. The van der Waals surface area contributed by atoms with Crippen molar-refractivity contribution in [2.75, 3.05) is 23.8 Å². The zero-order chi connectivity index (χ0) is 16.2. The van der Waals surface area contributed by atoms with Gasteiger partial charge in [-0.05, 0) is 18.8 Å². The third-order valence-corrected chi connectivity index (χ3v) is 5.00. The number of carbonyl (C=O) groups is 1. The van der Waals surface area contributed by atoms with Crippen LogP contribution >= 0.6 is 22.7 Å². The molecule has 23 heavy (non-hydrogen) atoms. The van der Waals surface area contributed by atoms with E-state index in [4.69, 9.17) is 4.74 Å². The maximum Gasteiger partial charge on any atom is 0.277 e. The highest BCUT2D eigenvalue weighted by atomic mass is 32.1. The van der Waals surface area contributed by atoms with E-state index in [2.05, 4.69) is 39.7 Å². The zero-order valence-electron chi connectivity index (χ0n) is 13.0. The first-order valence-corrected chi connectivity index (χ1v) is 9.27. The third-order valence-electron chi connectivity index (χ3n) is 3.26. The second-order valence-corrected chi connectivity index (χ2v) is 7.58. The van der Waals surface area contributed by atoms with Gasteiger partial charge in [0.15, 0.2) is 5.13 Å². The number of hydrogen-bond acceptors (Lipinski definition) is 8. The molecule has 2 aromatic rings. The summed E-state index contributed by atoms with van der Waals surface area (Å²) in [4.78, 5) is 16.5. The quantitative estimate of drug-likeness (QED) is 0.829. The summed E-state index contributed by atoms with van der Waals surface area (Å²) in [5, 5.41) is 17.8. The molecule has 1 aliphatic heterocycles. The van der Waals surface area contributed by atoms with E-state index in [1.165, 1.54) is 22.7 Å². The van der Waals surface area contributed by atoms with Crippen LogP contribution in [0.2, 0.25) is 0 Å². The molecule has 0 radical (unpaired) electrons. The molecule has 7 nitrogen and oxygen atoms in total. The largest absolute Gasteiger partial charge is 0.371 e. The highest BCUT2D eigenvalue weighted by Gasteiger charge is 2.22. The first kappa shape index (κ1) is 16.3. The van der Waals surface area contributed by atoms with Crippen molar-refractivity contribution < 1.29 is 9.53 Å². The predicted octanol–water partition coefficient (Wildman–Crippen LogP) is 3.17. The van der Waals surface area contributed by atoms with Gasteiger partial charge in [-0.1, -0.05) is 25.2 Å². The molecule has 3 heterocycles. The second kappa shape index (κ2) is 7.33. The summed E-state index contributed by atoms with van der Waals surface area (Å²) in [7, 11) is 0. The van der Waals surface area contributed by atoms with E-state index >= 15 is 0 Å². The lowest BCUT2D eigenvalue weighted by atomic mass is 10.2. The molecular formula is C14H19N5O2S2. The average molecular weight is 353 g/mol. The number of ether oxygens (including phenoxy) is 1. The Labute approximate surface area is 142 Å². The number of carbonyl (C=O) groups excluding carboxylic acids is 1. The molecule has 1 fully saturated rings. The summed E-state index contributed by atoms with van der Waals surface area (Å²) >= 11 is 2.78. The number of rotatable bonds is 6. The molecule has 124 valence electrons. The highest BCUT2D eigenvalue weighted by Crippen LogP contribution is 2.32. The Morgan fingerprint density at radius 1 is 1.43 bits per heavy atom. The van der Waals surface area contributed by atoms with Crippen molar-refractivity contribution >= 4 is 38.8 Å². The SMILES string of the molecule is CC(C)CNc1nc(C(=O)Nc2nnc(C3CCCO3)s2)cs1. The van der Waals surface area contributed by atoms with Crippen molar-refractivity contribution in [3.05, 3.63) is 16.1 Å². The molecule has 1 unspecified atom stereocenters. The average Bonchev–Trinajstić information content (AvgIpc) is 3.25. The van der Waals surface area contributed by atoms with Gasteiger partial charge in [-0.25, -0.2) is 4.98 Å². The molecule has 0 aromatic carbocycles. The van der Waals surface area contributed by atoms with Crippen molar-refractivity contribution in [1.29, 1.82) is 0 Å². The first-order chi connectivity index (χ1) is 11.1. The lowest BCUT2D eigenvalue weighted by Gasteiger charge is -2.04. The lowest BCUT2D eigenvalue weighted by molar-refractivity contribution is 0.102. The van der Waals surface area contributed by atoms with Gasteiger partial charge in [0.25, 0.3) is 5.91 Å². The van der Waals surface area contributed by atoms with Crippen LogP contribution in [0.4, 0.5) is 10.3 Å². The summed E-state index contributed by atoms with van der Waals surface area (Å²) in [6.45, 7) is 5.83. The standard InChI is InChI=1S/C14H19N5O2S2/c1-8(2)6-15-13-16-9(7-22-13)11(20)17-14-19-18-12(23-14)10-4-3-5-21-10/h7-8,10H,3-6H2,1-2H3,(H,15,16)(H,17,19,20). The van der Waals surface area contributed by atoms with E-state index in [1.54, 1.807) is 5.38 Å². The van der Waals surface area contributed by atoms with Gasteiger partial charge in [0.05, 0.1) is 0 Å². The smallest absolute Gasteiger partial charge is 0.277 e. The van der Waals surface area contributed by atoms with Crippen LogP contribution < -0.4 is 10.6 Å². The van der Waals surface area contributed by atoms with E-state index in [-0.39, 0.29) is 12.0 Å². The fourth-order valence-electron chi connectivity index (χ4n) is 2.10. The van der Waals surface area contributed by atoms with Gasteiger partial charge >= 0.3 is 0 Å². The Hall–Kier alpha value is -1.58. The van der Waals surface area contributed by atoms with Crippen LogP contribution in [0.25, 0.3) is 0 Å². The molecule has 1 aliphatic rings. The molecule has 1 saturated heterocycles. The Morgan fingerprint density at radius 3 is 3.04 bits per heavy atom. The van der Waals surface area contributed by atoms with Gasteiger partial charge in [0, 0.05) is 18.5 Å². The normalized spacial score (nSPS) is 17.6. The van der Waals surface area contributed by atoms with Gasteiger partial charge in [-0.15, -0.1) is 21.5 Å². The Morgan fingerprint density at radius 2 is 2.30 bits per heavy atom. The molecule has 2 aromatic heterocycles. The van der Waals surface area contributed by atoms with Gasteiger partial charge in [-0.3, -0.25) is 10.1 Å². The Kier molecular flexibility index (Phi) is 5.19. The molecule has 2 N–H and O–H groups in total. The monoisotopic (exact) mass is 353 g/mol. The van der Waals surface area contributed by atoms with Crippen LogP contribution in [-0.4, -0.2) is 34.2 Å². The van der Waals surface area contributed by atoms with E-state index in [1.807, 2.05) is 0 Å². The third kappa shape index (κ3) is 4.24. The van der Waals surface area contributed by atoms with E-state index in [0.717, 1.165) is 36.1 Å². The van der Waals surface area contributed by atoms with Crippen molar-refractivity contribution in [2.24, 2.45) is 5.92 Å². The molecular weight excluding hydrogens is 334 g/mol. The van der Waals surface area contributed by atoms with Gasteiger partial charge < -0.3 is 10.1 Å². The Balaban J connectivity index is 1.58. The van der Waals surface area contributed by atoms with Gasteiger partial charge in [0.2, 0.25) is 5.13 Å². The van der Waals surface area contributed by atoms with Crippen LogP contribution in [0.1, 0.15) is 48.3 Å². The molecule has 0 spiro atoms. The number of nitrogens with one attached hydrogen (secondary N) is 2. The minimum absolute atomic E-state index is 0.0178. The Bertz CT molecular complexity index is 664. The van der Waals surface area contributed by atoms with Crippen LogP contribution in [0.15, 0.2) is 5.38 Å². The van der Waals surface area contributed by atoms with E-state index in [9.17, 15) is 4.79 Å². The molecule has 1 atom stereocenters.